The maximum atomic E-state index is 10.8. The summed E-state index contributed by atoms with van der Waals surface area (Å²) in [4.78, 5) is 1.06. The summed E-state index contributed by atoms with van der Waals surface area (Å²) >= 11 is 1.63. The summed E-state index contributed by atoms with van der Waals surface area (Å²) in [5.74, 6) is 0. The van der Waals surface area contributed by atoms with E-state index in [1.54, 1.807) is 11.3 Å². The van der Waals surface area contributed by atoms with Crippen molar-refractivity contribution >= 4 is 11.3 Å². The van der Waals surface area contributed by atoms with Crippen LogP contribution in [-0.2, 0) is 5.60 Å². The molecule has 0 fully saturated rings. The third kappa shape index (κ3) is 1.79. The van der Waals surface area contributed by atoms with Crippen LogP contribution in [-0.4, -0.2) is 5.11 Å². The predicted molar refractivity (Wildman–Crippen MR) is 68.8 cm³/mol. The van der Waals surface area contributed by atoms with Crippen molar-refractivity contribution in [3.05, 3.63) is 57.8 Å². The van der Waals surface area contributed by atoms with Crippen LogP contribution < -0.4 is 0 Å². The Morgan fingerprint density at radius 2 is 1.88 bits per heavy atom. The molecule has 16 heavy (non-hydrogen) atoms. The van der Waals surface area contributed by atoms with E-state index in [-0.39, 0.29) is 0 Å². The zero-order chi connectivity index (χ0) is 11.6. The van der Waals surface area contributed by atoms with Crippen molar-refractivity contribution in [3.63, 3.8) is 0 Å². The highest BCUT2D eigenvalue weighted by Crippen LogP contribution is 2.37. The Morgan fingerprint density at radius 3 is 2.38 bits per heavy atom. The summed E-state index contributed by atoms with van der Waals surface area (Å²) in [6, 6.07) is 12.0. The molecule has 0 aliphatic rings. The van der Waals surface area contributed by atoms with Gasteiger partial charge >= 0.3 is 0 Å². The maximum Gasteiger partial charge on any atom is 0.124 e. The van der Waals surface area contributed by atoms with E-state index in [1.165, 1.54) is 5.56 Å². The number of aliphatic hydroxyl groups is 1. The smallest absolute Gasteiger partial charge is 0.124 e. The molecule has 2 aromatic rings. The van der Waals surface area contributed by atoms with Gasteiger partial charge in [-0.3, -0.25) is 0 Å². The SMILES string of the molecule is CCC(O)(c1ccccc1)c1sccc1C. The average Bonchev–Trinajstić information content (AvgIpc) is 2.76. The van der Waals surface area contributed by atoms with Gasteiger partial charge in [-0.15, -0.1) is 11.3 Å². The van der Waals surface area contributed by atoms with E-state index in [1.807, 2.05) is 42.6 Å². The normalized spacial score (nSPS) is 14.7. The molecule has 0 radical (unpaired) electrons. The van der Waals surface area contributed by atoms with Gasteiger partial charge in [-0.05, 0) is 35.9 Å². The number of hydrogen-bond acceptors (Lipinski definition) is 2. The monoisotopic (exact) mass is 232 g/mol. The van der Waals surface area contributed by atoms with Crippen LogP contribution in [0.25, 0.3) is 0 Å². The molecule has 2 heteroatoms. The largest absolute Gasteiger partial charge is 0.380 e. The Hall–Kier alpha value is -1.12. The van der Waals surface area contributed by atoms with E-state index < -0.39 is 5.60 Å². The summed E-state index contributed by atoms with van der Waals surface area (Å²) in [5, 5.41) is 12.9. The summed E-state index contributed by atoms with van der Waals surface area (Å²) in [6.07, 6.45) is 0.693. The highest BCUT2D eigenvalue weighted by atomic mass is 32.1. The third-order valence-electron chi connectivity index (χ3n) is 3.00. The van der Waals surface area contributed by atoms with Gasteiger partial charge in [-0.2, -0.15) is 0 Å². The lowest BCUT2D eigenvalue weighted by Crippen LogP contribution is -2.25. The molecule has 1 aromatic heterocycles. The van der Waals surface area contributed by atoms with Gasteiger partial charge in [-0.25, -0.2) is 0 Å². The summed E-state index contributed by atoms with van der Waals surface area (Å²) < 4.78 is 0. The second kappa shape index (κ2) is 4.40. The van der Waals surface area contributed by atoms with Crippen LogP contribution in [0.1, 0.15) is 29.3 Å². The minimum atomic E-state index is -0.834. The topological polar surface area (TPSA) is 20.2 Å². The fourth-order valence-corrected chi connectivity index (χ4v) is 3.13. The van der Waals surface area contributed by atoms with Crippen LogP contribution in [0.15, 0.2) is 41.8 Å². The molecule has 1 nitrogen and oxygen atoms in total. The van der Waals surface area contributed by atoms with Crippen molar-refractivity contribution in [2.75, 3.05) is 0 Å². The second-order valence-corrected chi connectivity index (χ2v) is 4.93. The van der Waals surface area contributed by atoms with E-state index in [9.17, 15) is 5.11 Å². The van der Waals surface area contributed by atoms with E-state index in [0.717, 1.165) is 10.4 Å². The molecular weight excluding hydrogens is 216 g/mol. The maximum absolute atomic E-state index is 10.8. The van der Waals surface area contributed by atoms with Gasteiger partial charge in [0.1, 0.15) is 5.60 Å². The molecule has 0 saturated carbocycles. The Labute approximate surface area is 100 Å². The molecule has 0 aliphatic carbocycles. The summed E-state index contributed by atoms with van der Waals surface area (Å²) in [7, 11) is 0. The summed E-state index contributed by atoms with van der Waals surface area (Å²) in [5.41, 5.74) is 1.31. The average molecular weight is 232 g/mol. The molecule has 0 amide bonds. The minimum absolute atomic E-state index is 0.693. The number of aryl methyl sites for hydroxylation is 1. The molecule has 2 rings (SSSR count). The van der Waals surface area contributed by atoms with Crippen LogP contribution in [0.2, 0.25) is 0 Å². The molecule has 1 unspecified atom stereocenters. The van der Waals surface area contributed by atoms with Gasteiger partial charge in [-0.1, -0.05) is 37.3 Å². The van der Waals surface area contributed by atoms with Gasteiger partial charge in [0, 0.05) is 4.88 Å². The van der Waals surface area contributed by atoms with Crippen LogP contribution in [0.5, 0.6) is 0 Å². The van der Waals surface area contributed by atoms with Crippen molar-refractivity contribution in [3.8, 4) is 0 Å². The van der Waals surface area contributed by atoms with Gasteiger partial charge in [0.2, 0.25) is 0 Å². The Kier molecular flexibility index (Phi) is 3.13. The first-order valence-electron chi connectivity index (χ1n) is 5.51. The first kappa shape index (κ1) is 11.4. The molecule has 0 bridgehead atoms. The number of benzene rings is 1. The van der Waals surface area contributed by atoms with E-state index in [2.05, 4.69) is 13.0 Å². The molecule has 1 atom stereocenters. The van der Waals surface area contributed by atoms with Gasteiger partial charge in [0.25, 0.3) is 0 Å². The lowest BCUT2D eigenvalue weighted by molar-refractivity contribution is 0.0798. The molecule has 1 N–H and O–H groups in total. The van der Waals surface area contributed by atoms with Gasteiger partial charge in [0.05, 0.1) is 0 Å². The molecule has 0 saturated heterocycles. The Bertz CT molecular complexity index is 461. The molecular formula is C14H16OS. The standard InChI is InChI=1S/C14H16OS/c1-3-14(15,12-7-5-4-6-8-12)13-11(2)9-10-16-13/h4-10,15H,3H2,1-2H3. The van der Waals surface area contributed by atoms with Crippen molar-refractivity contribution in [1.29, 1.82) is 0 Å². The van der Waals surface area contributed by atoms with Crippen molar-refractivity contribution in [1.82, 2.24) is 0 Å². The van der Waals surface area contributed by atoms with Crippen molar-refractivity contribution in [2.45, 2.75) is 25.9 Å². The molecule has 0 spiro atoms. The zero-order valence-electron chi connectivity index (χ0n) is 9.60. The highest BCUT2D eigenvalue weighted by molar-refractivity contribution is 7.10. The quantitative estimate of drug-likeness (QED) is 0.855. The Morgan fingerprint density at radius 1 is 1.19 bits per heavy atom. The Balaban J connectivity index is 2.53. The molecule has 1 heterocycles. The third-order valence-corrected chi connectivity index (χ3v) is 4.17. The minimum Gasteiger partial charge on any atom is -0.380 e. The van der Waals surface area contributed by atoms with Gasteiger partial charge < -0.3 is 5.11 Å². The number of rotatable bonds is 3. The molecule has 1 aromatic carbocycles. The van der Waals surface area contributed by atoms with Crippen LogP contribution >= 0.6 is 11.3 Å². The number of hydrogen-bond donors (Lipinski definition) is 1. The van der Waals surface area contributed by atoms with Crippen molar-refractivity contribution in [2.24, 2.45) is 0 Å². The van der Waals surface area contributed by atoms with Crippen LogP contribution in [0.4, 0.5) is 0 Å². The number of thiophene rings is 1. The van der Waals surface area contributed by atoms with Crippen LogP contribution in [0, 0.1) is 6.92 Å². The predicted octanol–water partition coefficient (Wildman–Crippen LogP) is 3.70. The van der Waals surface area contributed by atoms with E-state index in [0.29, 0.717) is 6.42 Å². The van der Waals surface area contributed by atoms with Crippen LogP contribution in [0.3, 0.4) is 0 Å². The fraction of sp³-hybridized carbons (Fsp3) is 0.286. The lowest BCUT2D eigenvalue weighted by Gasteiger charge is -2.27. The second-order valence-electron chi connectivity index (χ2n) is 4.01. The van der Waals surface area contributed by atoms with Gasteiger partial charge in [0.15, 0.2) is 0 Å². The molecule has 84 valence electrons. The van der Waals surface area contributed by atoms with Crippen molar-refractivity contribution < 1.29 is 5.11 Å². The van der Waals surface area contributed by atoms with E-state index in [4.69, 9.17) is 0 Å². The first-order valence-corrected chi connectivity index (χ1v) is 6.39. The first-order chi connectivity index (χ1) is 7.68. The fourth-order valence-electron chi connectivity index (χ4n) is 2.01. The van der Waals surface area contributed by atoms with E-state index >= 15 is 0 Å². The highest BCUT2D eigenvalue weighted by Gasteiger charge is 2.31. The summed E-state index contributed by atoms with van der Waals surface area (Å²) in [6.45, 7) is 4.07. The lowest BCUT2D eigenvalue weighted by atomic mass is 9.88. The zero-order valence-corrected chi connectivity index (χ0v) is 10.4. The molecule has 0 aliphatic heterocycles.